The summed E-state index contributed by atoms with van der Waals surface area (Å²) in [5.74, 6) is 1.45. The molecule has 1 N–H and O–H groups in total. The Morgan fingerprint density at radius 1 is 1.38 bits per heavy atom. The van der Waals surface area contributed by atoms with E-state index in [-0.39, 0.29) is 18.9 Å². The molecule has 1 aliphatic rings. The third-order valence-corrected chi connectivity index (χ3v) is 4.06. The average Bonchev–Trinajstić information content (AvgIpc) is 2.61. The van der Waals surface area contributed by atoms with Crippen LogP contribution >= 0.6 is 0 Å². The highest BCUT2D eigenvalue weighted by Crippen LogP contribution is 2.28. The van der Waals surface area contributed by atoms with Crippen molar-refractivity contribution in [3.05, 3.63) is 35.8 Å². The molecule has 1 aliphatic heterocycles. The fourth-order valence-electron chi connectivity index (χ4n) is 2.87. The maximum atomic E-state index is 12.1. The Morgan fingerprint density at radius 3 is 2.88 bits per heavy atom. The van der Waals surface area contributed by atoms with Gasteiger partial charge in [-0.05, 0) is 18.6 Å². The number of aliphatic hydroxyl groups is 1. The molecule has 3 heterocycles. The predicted octanol–water partition coefficient (Wildman–Crippen LogP) is 0.872. The van der Waals surface area contributed by atoms with E-state index >= 15 is 0 Å². The van der Waals surface area contributed by atoms with Crippen LogP contribution in [0.15, 0.2) is 24.5 Å². The first kappa shape index (κ1) is 16.3. The predicted molar refractivity (Wildman–Crippen MR) is 90.4 cm³/mol. The molecular formula is C17H21N5O2. The number of anilines is 1. The van der Waals surface area contributed by atoms with Crippen molar-refractivity contribution in [2.24, 2.45) is 0 Å². The lowest BCUT2D eigenvalue weighted by molar-refractivity contribution is -0.132. The standard InChI is InChI=1S/C17H21N5O2/c1-21(2)17-13-5-8-22(15(24)6-9-23)11-14(13)19-16(20-17)12-4-3-7-18-10-12/h3-4,7,10,23H,5-6,8-9,11H2,1-2H3. The second kappa shape index (κ2) is 6.92. The van der Waals surface area contributed by atoms with E-state index in [2.05, 4.69) is 9.97 Å². The Bertz CT molecular complexity index is 733. The van der Waals surface area contributed by atoms with E-state index in [0.29, 0.717) is 25.3 Å². The molecule has 0 aromatic carbocycles. The summed E-state index contributed by atoms with van der Waals surface area (Å²) in [6, 6.07) is 3.77. The quantitative estimate of drug-likeness (QED) is 0.897. The normalized spacial score (nSPS) is 13.5. The Labute approximate surface area is 141 Å². The van der Waals surface area contributed by atoms with Gasteiger partial charge in [-0.25, -0.2) is 9.97 Å². The van der Waals surface area contributed by atoms with Gasteiger partial charge >= 0.3 is 0 Å². The highest BCUT2D eigenvalue weighted by molar-refractivity contribution is 5.76. The van der Waals surface area contributed by atoms with Gasteiger partial charge in [-0.2, -0.15) is 0 Å². The van der Waals surface area contributed by atoms with E-state index < -0.39 is 0 Å². The fraction of sp³-hybridized carbons (Fsp3) is 0.412. The molecule has 0 unspecified atom stereocenters. The summed E-state index contributed by atoms with van der Waals surface area (Å²) >= 11 is 0. The molecule has 2 aromatic rings. The number of hydrogen-bond donors (Lipinski definition) is 1. The summed E-state index contributed by atoms with van der Waals surface area (Å²) < 4.78 is 0. The molecular weight excluding hydrogens is 306 g/mol. The van der Waals surface area contributed by atoms with E-state index in [1.54, 1.807) is 17.3 Å². The third-order valence-electron chi connectivity index (χ3n) is 4.06. The Morgan fingerprint density at radius 2 is 2.21 bits per heavy atom. The van der Waals surface area contributed by atoms with Gasteiger partial charge < -0.3 is 14.9 Å². The largest absolute Gasteiger partial charge is 0.396 e. The van der Waals surface area contributed by atoms with Crippen molar-refractivity contribution < 1.29 is 9.90 Å². The fourth-order valence-corrected chi connectivity index (χ4v) is 2.87. The molecule has 7 nitrogen and oxygen atoms in total. The summed E-state index contributed by atoms with van der Waals surface area (Å²) in [4.78, 5) is 29.3. The molecule has 0 fully saturated rings. The highest BCUT2D eigenvalue weighted by Gasteiger charge is 2.26. The van der Waals surface area contributed by atoms with Crippen LogP contribution in [0.5, 0.6) is 0 Å². The van der Waals surface area contributed by atoms with Gasteiger partial charge in [0, 0.05) is 50.6 Å². The SMILES string of the molecule is CN(C)c1nc(-c2cccnc2)nc2c1CCN(C(=O)CCO)C2. The molecule has 7 heteroatoms. The highest BCUT2D eigenvalue weighted by atomic mass is 16.3. The van der Waals surface area contributed by atoms with E-state index in [9.17, 15) is 4.79 Å². The van der Waals surface area contributed by atoms with Crippen molar-refractivity contribution in [2.75, 3.05) is 32.1 Å². The number of aromatic nitrogens is 3. The van der Waals surface area contributed by atoms with Gasteiger partial charge in [-0.1, -0.05) is 0 Å². The molecule has 0 atom stereocenters. The molecule has 0 bridgehead atoms. The van der Waals surface area contributed by atoms with Crippen LogP contribution in [0.1, 0.15) is 17.7 Å². The topological polar surface area (TPSA) is 82.5 Å². The van der Waals surface area contributed by atoms with E-state index in [1.165, 1.54) is 0 Å². The monoisotopic (exact) mass is 327 g/mol. The van der Waals surface area contributed by atoms with Crippen molar-refractivity contribution in [3.63, 3.8) is 0 Å². The minimum atomic E-state index is -0.129. The number of pyridine rings is 1. The van der Waals surface area contributed by atoms with Gasteiger partial charge in [-0.3, -0.25) is 9.78 Å². The van der Waals surface area contributed by atoms with Crippen LogP contribution in [0, 0.1) is 0 Å². The van der Waals surface area contributed by atoms with Gasteiger partial charge in [0.2, 0.25) is 5.91 Å². The van der Waals surface area contributed by atoms with Crippen LogP contribution in [0.2, 0.25) is 0 Å². The van der Waals surface area contributed by atoms with E-state index in [4.69, 9.17) is 10.1 Å². The number of rotatable bonds is 4. The Hall–Kier alpha value is -2.54. The first-order valence-corrected chi connectivity index (χ1v) is 7.96. The van der Waals surface area contributed by atoms with Crippen LogP contribution < -0.4 is 4.90 Å². The molecule has 0 radical (unpaired) electrons. The summed E-state index contributed by atoms with van der Waals surface area (Å²) in [7, 11) is 3.91. The lowest BCUT2D eigenvalue weighted by Gasteiger charge is -2.30. The first-order valence-electron chi connectivity index (χ1n) is 7.96. The van der Waals surface area contributed by atoms with E-state index in [0.717, 1.165) is 22.6 Å². The van der Waals surface area contributed by atoms with Gasteiger partial charge in [0.25, 0.3) is 0 Å². The molecule has 3 rings (SSSR count). The molecule has 0 saturated carbocycles. The van der Waals surface area contributed by atoms with Crippen molar-refractivity contribution in [3.8, 4) is 11.4 Å². The summed E-state index contributed by atoms with van der Waals surface area (Å²) in [5.41, 5.74) is 2.80. The molecule has 1 amide bonds. The number of amides is 1. The number of fused-ring (bicyclic) bond motifs is 1. The lowest BCUT2D eigenvalue weighted by Crippen LogP contribution is -2.37. The van der Waals surface area contributed by atoms with Crippen molar-refractivity contribution in [1.82, 2.24) is 19.9 Å². The second-order valence-electron chi connectivity index (χ2n) is 5.97. The van der Waals surface area contributed by atoms with Crippen LogP contribution in [0.4, 0.5) is 5.82 Å². The maximum absolute atomic E-state index is 12.1. The number of nitrogens with zero attached hydrogens (tertiary/aromatic N) is 5. The zero-order valence-corrected chi connectivity index (χ0v) is 13.9. The molecule has 0 saturated heterocycles. The lowest BCUT2D eigenvalue weighted by atomic mass is 10.0. The minimum Gasteiger partial charge on any atom is -0.396 e. The van der Waals surface area contributed by atoms with Crippen molar-refractivity contribution in [2.45, 2.75) is 19.4 Å². The minimum absolute atomic E-state index is 0.0453. The van der Waals surface area contributed by atoms with Crippen LogP contribution in [-0.4, -0.2) is 58.1 Å². The molecule has 0 aliphatic carbocycles. The summed E-state index contributed by atoms with van der Waals surface area (Å²) in [5, 5.41) is 8.99. The molecule has 126 valence electrons. The zero-order chi connectivity index (χ0) is 17.1. The van der Waals surface area contributed by atoms with Crippen LogP contribution in [0.3, 0.4) is 0 Å². The Balaban J connectivity index is 2.00. The van der Waals surface area contributed by atoms with Gasteiger partial charge in [0.15, 0.2) is 5.82 Å². The van der Waals surface area contributed by atoms with Crippen molar-refractivity contribution in [1.29, 1.82) is 0 Å². The average molecular weight is 327 g/mol. The van der Waals surface area contributed by atoms with Gasteiger partial charge in [-0.15, -0.1) is 0 Å². The molecule has 24 heavy (non-hydrogen) atoms. The van der Waals surface area contributed by atoms with Gasteiger partial charge in [0.05, 0.1) is 18.8 Å². The molecule has 0 spiro atoms. The summed E-state index contributed by atoms with van der Waals surface area (Å²) in [6.45, 7) is 0.947. The smallest absolute Gasteiger partial charge is 0.225 e. The number of carbonyl (C=O) groups is 1. The van der Waals surface area contributed by atoms with Crippen LogP contribution in [0.25, 0.3) is 11.4 Å². The Kier molecular flexibility index (Phi) is 4.71. The number of carbonyl (C=O) groups excluding carboxylic acids is 1. The molecule has 2 aromatic heterocycles. The van der Waals surface area contributed by atoms with E-state index in [1.807, 2.05) is 31.1 Å². The summed E-state index contributed by atoms with van der Waals surface area (Å²) in [6.07, 6.45) is 4.31. The van der Waals surface area contributed by atoms with Crippen molar-refractivity contribution >= 4 is 11.7 Å². The number of aliphatic hydroxyl groups excluding tert-OH is 1. The van der Waals surface area contributed by atoms with Crippen LogP contribution in [-0.2, 0) is 17.8 Å². The maximum Gasteiger partial charge on any atom is 0.225 e. The first-order chi connectivity index (χ1) is 11.6. The van der Waals surface area contributed by atoms with Gasteiger partial charge in [0.1, 0.15) is 5.82 Å². The second-order valence-corrected chi connectivity index (χ2v) is 5.97. The zero-order valence-electron chi connectivity index (χ0n) is 13.9. The number of hydrogen-bond acceptors (Lipinski definition) is 6. The third kappa shape index (κ3) is 3.21.